The van der Waals surface area contributed by atoms with E-state index in [1.165, 1.54) is 32.1 Å². The molecule has 0 aromatic heterocycles. The molecule has 2 fully saturated rings. The number of amides is 1. The topological polar surface area (TPSA) is 41.1 Å². The fourth-order valence-corrected chi connectivity index (χ4v) is 2.39. The molecule has 0 aromatic carbocycles. The van der Waals surface area contributed by atoms with Crippen molar-refractivity contribution < 1.29 is 4.79 Å². The molecule has 0 aromatic rings. The lowest BCUT2D eigenvalue weighted by Crippen LogP contribution is -2.36. The van der Waals surface area contributed by atoms with Gasteiger partial charge in [-0.2, -0.15) is 0 Å². The van der Waals surface area contributed by atoms with Gasteiger partial charge in [-0.05, 0) is 50.6 Å². The lowest BCUT2D eigenvalue weighted by atomic mass is 9.85. The van der Waals surface area contributed by atoms with Crippen LogP contribution in [0.15, 0.2) is 0 Å². The Morgan fingerprint density at radius 3 is 2.60 bits per heavy atom. The largest absolute Gasteiger partial charge is 0.356 e. The fourth-order valence-electron chi connectivity index (χ4n) is 2.39. The van der Waals surface area contributed by atoms with Crippen molar-refractivity contribution in [1.82, 2.24) is 10.6 Å². The molecule has 0 bridgehead atoms. The maximum absolute atomic E-state index is 11.6. The van der Waals surface area contributed by atoms with Crippen LogP contribution in [0.5, 0.6) is 0 Å². The summed E-state index contributed by atoms with van der Waals surface area (Å²) < 4.78 is 0. The lowest BCUT2D eigenvalue weighted by Gasteiger charge is -2.26. The first-order valence-electron chi connectivity index (χ1n) is 6.32. The Hall–Kier alpha value is -0.570. The van der Waals surface area contributed by atoms with E-state index in [1.807, 2.05) is 0 Å². The van der Waals surface area contributed by atoms with Crippen molar-refractivity contribution in [2.45, 2.75) is 38.5 Å². The number of rotatable bonds is 4. The van der Waals surface area contributed by atoms with Crippen molar-refractivity contribution in [2.24, 2.45) is 11.8 Å². The van der Waals surface area contributed by atoms with Crippen LogP contribution < -0.4 is 10.6 Å². The van der Waals surface area contributed by atoms with Gasteiger partial charge in [0.2, 0.25) is 5.91 Å². The molecule has 15 heavy (non-hydrogen) atoms. The van der Waals surface area contributed by atoms with E-state index in [2.05, 4.69) is 10.6 Å². The predicted octanol–water partition coefficient (Wildman–Crippen LogP) is 1.29. The molecule has 1 atom stereocenters. The monoisotopic (exact) mass is 210 g/mol. The van der Waals surface area contributed by atoms with Crippen LogP contribution >= 0.6 is 0 Å². The first-order valence-corrected chi connectivity index (χ1v) is 6.32. The van der Waals surface area contributed by atoms with Crippen LogP contribution in [0.1, 0.15) is 38.5 Å². The van der Waals surface area contributed by atoms with E-state index < -0.39 is 0 Å². The second-order valence-corrected chi connectivity index (χ2v) is 5.02. The third-order valence-corrected chi connectivity index (χ3v) is 3.69. The first-order chi connectivity index (χ1) is 7.34. The zero-order chi connectivity index (χ0) is 10.5. The summed E-state index contributed by atoms with van der Waals surface area (Å²) in [6.07, 6.45) is 7.13. The van der Waals surface area contributed by atoms with Crippen molar-refractivity contribution in [3.8, 4) is 0 Å². The quantitative estimate of drug-likeness (QED) is 0.734. The summed E-state index contributed by atoms with van der Waals surface area (Å²) in [4.78, 5) is 11.6. The Bertz CT molecular complexity index is 208. The number of piperidine rings is 1. The Kier molecular flexibility index (Phi) is 4.01. The van der Waals surface area contributed by atoms with Gasteiger partial charge in [-0.25, -0.2) is 0 Å². The van der Waals surface area contributed by atoms with Crippen molar-refractivity contribution >= 4 is 5.91 Å². The molecular formula is C12H22N2O. The molecular weight excluding hydrogens is 188 g/mol. The van der Waals surface area contributed by atoms with Crippen LogP contribution in [0, 0.1) is 11.8 Å². The van der Waals surface area contributed by atoms with Gasteiger partial charge in [0.1, 0.15) is 0 Å². The van der Waals surface area contributed by atoms with Crippen molar-refractivity contribution in [2.75, 3.05) is 19.6 Å². The first kappa shape index (κ1) is 10.9. The fraction of sp³-hybridized carbons (Fsp3) is 0.917. The minimum atomic E-state index is 0.260. The standard InChI is InChI=1S/C12H22N2O/c15-12(14-9-10-3-1-4-10)7-11-5-2-6-13-8-11/h10-11,13H,1-9H2,(H,14,15). The van der Waals surface area contributed by atoms with Crippen LogP contribution in [-0.2, 0) is 4.79 Å². The Morgan fingerprint density at radius 1 is 1.20 bits per heavy atom. The van der Waals surface area contributed by atoms with Crippen molar-refractivity contribution in [3.63, 3.8) is 0 Å². The summed E-state index contributed by atoms with van der Waals surface area (Å²) in [5, 5.41) is 6.41. The summed E-state index contributed by atoms with van der Waals surface area (Å²) in [6, 6.07) is 0. The third kappa shape index (κ3) is 3.49. The van der Waals surface area contributed by atoms with Gasteiger partial charge < -0.3 is 10.6 Å². The molecule has 1 unspecified atom stereocenters. The molecule has 1 aliphatic heterocycles. The third-order valence-electron chi connectivity index (χ3n) is 3.69. The molecule has 3 nitrogen and oxygen atoms in total. The van der Waals surface area contributed by atoms with E-state index in [0.717, 1.165) is 32.0 Å². The van der Waals surface area contributed by atoms with E-state index in [4.69, 9.17) is 0 Å². The molecule has 2 N–H and O–H groups in total. The normalized spacial score (nSPS) is 27.1. The van der Waals surface area contributed by atoms with E-state index in [9.17, 15) is 4.79 Å². The molecule has 0 radical (unpaired) electrons. The molecule has 0 spiro atoms. The van der Waals surface area contributed by atoms with Gasteiger partial charge in [0.05, 0.1) is 0 Å². The molecule has 1 saturated heterocycles. The van der Waals surface area contributed by atoms with Gasteiger partial charge in [0.15, 0.2) is 0 Å². The number of carbonyl (C=O) groups is 1. The lowest BCUT2D eigenvalue weighted by molar-refractivity contribution is -0.122. The maximum Gasteiger partial charge on any atom is 0.220 e. The number of hydrogen-bond acceptors (Lipinski definition) is 2. The average Bonchev–Trinajstić information content (AvgIpc) is 2.17. The van der Waals surface area contributed by atoms with Crippen molar-refractivity contribution in [1.29, 1.82) is 0 Å². The van der Waals surface area contributed by atoms with Crippen LogP contribution in [0.25, 0.3) is 0 Å². The van der Waals surface area contributed by atoms with Gasteiger partial charge in [0.25, 0.3) is 0 Å². The molecule has 2 rings (SSSR count). The van der Waals surface area contributed by atoms with E-state index in [0.29, 0.717) is 5.92 Å². The summed E-state index contributed by atoms with van der Waals surface area (Å²) in [5.41, 5.74) is 0. The predicted molar refractivity (Wildman–Crippen MR) is 60.6 cm³/mol. The molecule has 2 aliphatic rings. The summed E-state index contributed by atoms with van der Waals surface area (Å²) in [5.74, 6) is 1.61. The smallest absolute Gasteiger partial charge is 0.220 e. The molecule has 1 aliphatic carbocycles. The highest BCUT2D eigenvalue weighted by molar-refractivity contribution is 5.76. The molecule has 1 saturated carbocycles. The molecule has 1 amide bonds. The zero-order valence-electron chi connectivity index (χ0n) is 9.43. The highest BCUT2D eigenvalue weighted by Gasteiger charge is 2.20. The van der Waals surface area contributed by atoms with E-state index in [-0.39, 0.29) is 5.91 Å². The highest BCUT2D eigenvalue weighted by Crippen LogP contribution is 2.25. The van der Waals surface area contributed by atoms with Crippen LogP contribution in [0.3, 0.4) is 0 Å². The Morgan fingerprint density at radius 2 is 2.00 bits per heavy atom. The molecule has 1 heterocycles. The second-order valence-electron chi connectivity index (χ2n) is 5.02. The number of hydrogen-bond donors (Lipinski definition) is 2. The maximum atomic E-state index is 11.6. The van der Waals surface area contributed by atoms with Gasteiger partial charge in [-0.3, -0.25) is 4.79 Å². The van der Waals surface area contributed by atoms with Gasteiger partial charge in [-0.15, -0.1) is 0 Å². The van der Waals surface area contributed by atoms with E-state index >= 15 is 0 Å². The Balaban J connectivity index is 1.58. The van der Waals surface area contributed by atoms with Crippen molar-refractivity contribution in [3.05, 3.63) is 0 Å². The van der Waals surface area contributed by atoms with Crippen LogP contribution in [-0.4, -0.2) is 25.5 Å². The van der Waals surface area contributed by atoms with Gasteiger partial charge in [-0.1, -0.05) is 6.42 Å². The van der Waals surface area contributed by atoms with Crippen LogP contribution in [0.4, 0.5) is 0 Å². The minimum absolute atomic E-state index is 0.260. The summed E-state index contributed by atoms with van der Waals surface area (Å²) >= 11 is 0. The molecule has 86 valence electrons. The highest BCUT2D eigenvalue weighted by atomic mass is 16.1. The Labute approximate surface area is 92.0 Å². The SMILES string of the molecule is O=C(CC1CCCNC1)NCC1CCC1. The summed E-state index contributed by atoms with van der Waals surface area (Å²) in [7, 11) is 0. The number of nitrogens with one attached hydrogen (secondary N) is 2. The minimum Gasteiger partial charge on any atom is -0.356 e. The average molecular weight is 210 g/mol. The van der Waals surface area contributed by atoms with Gasteiger partial charge in [0, 0.05) is 13.0 Å². The number of carbonyl (C=O) groups excluding carboxylic acids is 1. The van der Waals surface area contributed by atoms with E-state index in [1.54, 1.807) is 0 Å². The molecule has 3 heteroatoms. The van der Waals surface area contributed by atoms with Crippen LogP contribution in [0.2, 0.25) is 0 Å². The zero-order valence-corrected chi connectivity index (χ0v) is 9.43. The summed E-state index contributed by atoms with van der Waals surface area (Å²) in [6.45, 7) is 3.07. The second kappa shape index (κ2) is 5.50. The van der Waals surface area contributed by atoms with Gasteiger partial charge >= 0.3 is 0 Å².